The number of carbonyl (C=O) groups is 1. The second-order valence-corrected chi connectivity index (χ2v) is 7.96. The first-order valence-corrected chi connectivity index (χ1v) is 9.03. The number of carbonyl (C=O) groups excluding carboxylic acids is 1. The molecule has 1 aromatic carbocycles. The fraction of sp³-hybridized carbons (Fsp3) is 0.312. The van der Waals surface area contributed by atoms with Crippen molar-refractivity contribution in [3.05, 3.63) is 52.9 Å². The lowest BCUT2D eigenvalue weighted by atomic mass is 10.4. The van der Waals surface area contributed by atoms with Gasteiger partial charge in [-0.15, -0.1) is 0 Å². The van der Waals surface area contributed by atoms with Gasteiger partial charge in [-0.3, -0.25) is 4.79 Å². The van der Waals surface area contributed by atoms with Crippen molar-refractivity contribution >= 4 is 27.5 Å². The minimum Gasteiger partial charge on any atom is -0.464 e. The SMILES string of the molecule is Cc1ccc(CN(C)C(=O)CN(C)S(=O)(=O)c2ccc(Cl)cc2)o1. The lowest BCUT2D eigenvalue weighted by molar-refractivity contribution is -0.130. The Balaban J connectivity index is 2.03. The first-order chi connectivity index (χ1) is 11.2. The quantitative estimate of drug-likeness (QED) is 0.783. The lowest BCUT2D eigenvalue weighted by Gasteiger charge is -2.21. The fourth-order valence-corrected chi connectivity index (χ4v) is 3.32. The van der Waals surface area contributed by atoms with Gasteiger partial charge in [0.25, 0.3) is 0 Å². The Kier molecular flexibility index (Phi) is 5.69. The van der Waals surface area contributed by atoms with Crippen molar-refractivity contribution in [2.45, 2.75) is 18.4 Å². The Hall–Kier alpha value is -1.83. The second kappa shape index (κ2) is 7.38. The van der Waals surface area contributed by atoms with Gasteiger partial charge in [0, 0.05) is 19.1 Å². The molecule has 0 fully saturated rings. The average Bonchev–Trinajstić information content (AvgIpc) is 2.92. The number of amides is 1. The van der Waals surface area contributed by atoms with Crippen LogP contribution >= 0.6 is 11.6 Å². The second-order valence-electron chi connectivity index (χ2n) is 5.48. The highest BCUT2D eigenvalue weighted by Gasteiger charge is 2.24. The van der Waals surface area contributed by atoms with Crippen molar-refractivity contribution in [3.8, 4) is 0 Å². The standard InChI is InChI=1S/C16H19ClN2O4S/c1-12-4-7-14(23-12)10-18(2)16(20)11-19(3)24(21,22)15-8-5-13(17)6-9-15/h4-9H,10-11H2,1-3H3. The van der Waals surface area contributed by atoms with E-state index in [1.807, 2.05) is 13.0 Å². The molecule has 0 aliphatic rings. The van der Waals surface area contributed by atoms with Crippen LogP contribution in [-0.2, 0) is 21.4 Å². The van der Waals surface area contributed by atoms with E-state index in [1.54, 1.807) is 13.1 Å². The fourth-order valence-electron chi connectivity index (χ4n) is 2.07. The zero-order valence-electron chi connectivity index (χ0n) is 13.7. The van der Waals surface area contributed by atoms with Crippen LogP contribution in [0.15, 0.2) is 45.7 Å². The van der Waals surface area contributed by atoms with Crippen LogP contribution in [0.3, 0.4) is 0 Å². The third kappa shape index (κ3) is 4.37. The van der Waals surface area contributed by atoms with E-state index in [0.29, 0.717) is 10.8 Å². The summed E-state index contributed by atoms with van der Waals surface area (Å²) in [6, 6.07) is 9.41. The summed E-state index contributed by atoms with van der Waals surface area (Å²) in [6.45, 7) is 1.83. The van der Waals surface area contributed by atoms with Gasteiger partial charge in [-0.2, -0.15) is 4.31 Å². The number of benzene rings is 1. The van der Waals surface area contributed by atoms with E-state index < -0.39 is 10.0 Å². The topological polar surface area (TPSA) is 70.8 Å². The van der Waals surface area contributed by atoms with Crippen LogP contribution in [-0.4, -0.2) is 44.2 Å². The van der Waals surface area contributed by atoms with Gasteiger partial charge in [-0.1, -0.05) is 11.6 Å². The highest BCUT2D eigenvalue weighted by Crippen LogP contribution is 2.17. The third-order valence-corrected chi connectivity index (χ3v) is 5.56. The molecule has 0 saturated carbocycles. The molecule has 0 spiro atoms. The third-order valence-electron chi connectivity index (χ3n) is 3.49. The molecule has 0 N–H and O–H groups in total. The Morgan fingerprint density at radius 3 is 2.29 bits per heavy atom. The Morgan fingerprint density at radius 2 is 1.75 bits per heavy atom. The molecule has 8 heteroatoms. The monoisotopic (exact) mass is 370 g/mol. The van der Waals surface area contributed by atoms with Gasteiger partial charge in [0.2, 0.25) is 15.9 Å². The largest absolute Gasteiger partial charge is 0.464 e. The Labute approximate surface area is 146 Å². The van der Waals surface area contributed by atoms with Gasteiger partial charge in [-0.25, -0.2) is 8.42 Å². The molecule has 0 radical (unpaired) electrons. The zero-order valence-corrected chi connectivity index (χ0v) is 15.3. The van der Waals surface area contributed by atoms with E-state index in [9.17, 15) is 13.2 Å². The summed E-state index contributed by atoms with van der Waals surface area (Å²) in [6.07, 6.45) is 0. The van der Waals surface area contributed by atoms with Gasteiger partial charge in [0.1, 0.15) is 11.5 Å². The molecule has 0 bridgehead atoms. The summed E-state index contributed by atoms with van der Waals surface area (Å²) in [5.41, 5.74) is 0. The Bertz CT molecular complexity index is 815. The lowest BCUT2D eigenvalue weighted by Crippen LogP contribution is -2.39. The Morgan fingerprint density at radius 1 is 1.12 bits per heavy atom. The predicted octanol–water partition coefficient (Wildman–Crippen LogP) is 2.52. The van der Waals surface area contributed by atoms with E-state index in [4.69, 9.17) is 16.0 Å². The highest BCUT2D eigenvalue weighted by molar-refractivity contribution is 7.89. The first-order valence-electron chi connectivity index (χ1n) is 7.21. The van der Waals surface area contributed by atoms with Gasteiger partial charge in [0.05, 0.1) is 18.0 Å². The van der Waals surface area contributed by atoms with Crippen LogP contribution in [0.1, 0.15) is 11.5 Å². The predicted molar refractivity (Wildman–Crippen MR) is 91.2 cm³/mol. The van der Waals surface area contributed by atoms with Crippen LogP contribution < -0.4 is 0 Å². The number of halogens is 1. The molecular weight excluding hydrogens is 352 g/mol. The smallest absolute Gasteiger partial charge is 0.243 e. The summed E-state index contributed by atoms with van der Waals surface area (Å²) in [5, 5.41) is 0.446. The molecule has 2 aromatic rings. The molecular formula is C16H19ClN2O4S. The van der Waals surface area contributed by atoms with E-state index in [1.165, 1.54) is 36.2 Å². The molecule has 1 heterocycles. The van der Waals surface area contributed by atoms with Crippen molar-refractivity contribution in [1.82, 2.24) is 9.21 Å². The molecule has 1 amide bonds. The molecule has 1 aromatic heterocycles. The average molecular weight is 371 g/mol. The first kappa shape index (κ1) is 18.5. The minimum atomic E-state index is -3.75. The molecule has 24 heavy (non-hydrogen) atoms. The normalized spacial score (nSPS) is 11.7. The maximum Gasteiger partial charge on any atom is 0.243 e. The number of furan rings is 1. The van der Waals surface area contributed by atoms with Crippen LogP contribution in [0.25, 0.3) is 0 Å². The van der Waals surface area contributed by atoms with Crippen LogP contribution in [0.2, 0.25) is 5.02 Å². The number of rotatable bonds is 6. The molecule has 0 aliphatic carbocycles. The van der Waals surface area contributed by atoms with Gasteiger partial charge >= 0.3 is 0 Å². The maximum absolute atomic E-state index is 12.5. The van der Waals surface area contributed by atoms with Crippen molar-refractivity contribution in [2.75, 3.05) is 20.6 Å². The molecule has 2 rings (SSSR count). The van der Waals surface area contributed by atoms with E-state index in [2.05, 4.69) is 0 Å². The molecule has 0 saturated heterocycles. The van der Waals surface area contributed by atoms with Crippen molar-refractivity contribution in [2.24, 2.45) is 0 Å². The number of aryl methyl sites for hydroxylation is 1. The van der Waals surface area contributed by atoms with Crippen LogP contribution in [0, 0.1) is 6.92 Å². The zero-order chi connectivity index (χ0) is 17.9. The molecule has 0 atom stereocenters. The van der Waals surface area contributed by atoms with Crippen molar-refractivity contribution < 1.29 is 17.6 Å². The van der Waals surface area contributed by atoms with Crippen LogP contribution in [0.5, 0.6) is 0 Å². The van der Waals surface area contributed by atoms with Gasteiger partial charge in [-0.05, 0) is 43.3 Å². The number of hydrogen-bond donors (Lipinski definition) is 0. The van der Waals surface area contributed by atoms with E-state index in [-0.39, 0.29) is 23.9 Å². The van der Waals surface area contributed by atoms with Crippen LogP contribution in [0.4, 0.5) is 0 Å². The summed E-state index contributed by atoms with van der Waals surface area (Å²) in [5.74, 6) is 1.07. The molecule has 6 nitrogen and oxygen atoms in total. The number of nitrogens with zero attached hydrogens (tertiary/aromatic N) is 2. The van der Waals surface area contributed by atoms with Crippen molar-refractivity contribution in [1.29, 1.82) is 0 Å². The maximum atomic E-state index is 12.5. The highest BCUT2D eigenvalue weighted by atomic mass is 35.5. The molecule has 0 unspecified atom stereocenters. The summed E-state index contributed by atoms with van der Waals surface area (Å²) >= 11 is 5.77. The summed E-state index contributed by atoms with van der Waals surface area (Å²) in [7, 11) is -0.781. The molecule has 130 valence electrons. The van der Waals surface area contributed by atoms with Gasteiger partial charge in [0.15, 0.2) is 0 Å². The van der Waals surface area contributed by atoms with Crippen molar-refractivity contribution in [3.63, 3.8) is 0 Å². The van der Waals surface area contributed by atoms with E-state index >= 15 is 0 Å². The number of sulfonamides is 1. The number of likely N-dealkylation sites (N-methyl/N-ethyl adjacent to an activating group) is 2. The van der Waals surface area contributed by atoms with Gasteiger partial charge < -0.3 is 9.32 Å². The molecule has 0 aliphatic heterocycles. The minimum absolute atomic E-state index is 0.0894. The summed E-state index contributed by atoms with van der Waals surface area (Å²) < 4.78 is 31.3. The van der Waals surface area contributed by atoms with E-state index in [0.717, 1.165) is 10.1 Å². The number of hydrogen-bond acceptors (Lipinski definition) is 4. The summed E-state index contributed by atoms with van der Waals surface area (Å²) in [4.78, 5) is 13.8.